The van der Waals surface area contributed by atoms with E-state index in [1.807, 2.05) is 23.2 Å². The third-order valence-corrected chi connectivity index (χ3v) is 5.31. The number of fused-ring (bicyclic) bond motifs is 1. The van der Waals surface area contributed by atoms with Crippen molar-refractivity contribution in [3.05, 3.63) is 35.5 Å². The minimum Gasteiger partial charge on any atom is -0.379 e. The average molecular weight is 341 g/mol. The number of rotatable bonds is 3. The van der Waals surface area contributed by atoms with E-state index in [0.717, 1.165) is 29.5 Å². The number of piperazine rings is 1. The zero-order chi connectivity index (χ0) is 17.4. The Morgan fingerprint density at radius 1 is 1.36 bits per heavy atom. The minimum atomic E-state index is 0.0121. The standard InChI is InChI=1S/C19H23N3O3/c1-13-3-2-4-16-14(10-20-19(13)16)9-17(23)21-6-7-22(18(24)11-21)15-5-8-25-12-15/h2-4,10,15,20H,5-9,11-12H2,1H3. The molecule has 1 unspecified atom stereocenters. The van der Waals surface area contributed by atoms with Gasteiger partial charge in [-0.1, -0.05) is 18.2 Å². The van der Waals surface area contributed by atoms with Crippen LogP contribution in [0.3, 0.4) is 0 Å². The van der Waals surface area contributed by atoms with Crippen LogP contribution in [0.15, 0.2) is 24.4 Å². The number of carbonyl (C=O) groups is 2. The van der Waals surface area contributed by atoms with Gasteiger partial charge in [-0.25, -0.2) is 0 Å². The first kappa shape index (κ1) is 16.1. The van der Waals surface area contributed by atoms with Gasteiger partial charge < -0.3 is 19.5 Å². The molecule has 25 heavy (non-hydrogen) atoms. The fourth-order valence-corrected chi connectivity index (χ4v) is 3.84. The van der Waals surface area contributed by atoms with E-state index in [1.165, 1.54) is 5.56 Å². The number of nitrogens with one attached hydrogen (secondary N) is 1. The number of amides is 2. The molecule has 2 saturated heterocycles. The Bertz CT molecular complexity index is 807. The van der Waals surface area contributed by atoms with Crippen LogP contribution in [0.4, 0.5) is 0 Å². The lowest BCUT2D eigenvalue weighted by Gasteiger charge is -2.37. The van der Waals surface area contributed by atoms with Crippen molar-refractivity contribution in [3.63, 3.8) is 0 Å². The van der Waals surface area contributed by atoms with Gasteiger partial charge in [-0.05, 0) is 24.5 Å². The molecule has 132 valence electrons. The van der Waals surface area contributed by atoms with Crippen LogP contribution in [0.1, 0.15) is 17.5 Å². The molecule has 4 rings (SSSR count). The number of benzene rings is 1. The maximum atomic E-state index is 12.7. The third kappa shape index (κ3) is 3.02. The van der Waals surface area contributed by atoms with E-state index < -0.39 is 0 Å². The zero-order valence-corrected chi connectivity index (χ0v) is 14.5. The number of aromatic nitrogens is 1. The lowest BCUT2D eigenvalue weighted by Crippen LogP contribution is -2.55. The summed E-state index contributed by atoms with van der Waals surface area (Å²) in [5.41, 5.74) is 3.23. The smallest absolute Gasteiger partial charge is 0.242 e. The number of nitrogens with zero attached hydrogens (tertiary/aromatic N) is 2. The van der Waals surface area contributed by atoms with Crippen LogP contribution < -0.4 is 0 Å². The molecule has 6 nitrogen and oxygen atoms in total. The SMILES string of the molecule is Cc1cccc2c(CC(=O)N3CCN(C4CCOC4)C(=O)C3)c[nH]c12. The number of H-pyrrole nitrogens is 1. The van der Waals surface area contributed by atoms with Gasteiger partial charge >= 0.3 is 0 Å². The van der Waals surface area contributed by atoms with Crippen molar-refractivity contribution >= 4 is 22.7 Å². The second kappa shape index (κ2) is 6.52. The van der Waals surface area contributed by atoms with E-state index in [4.69, 9.17) is 4.74 Å². The minimum absolute atomic E-state index is 0.0121. The van der Waals surface area contributed by atoms with Crippen molar-refractivity contribution in [1.29, 1.82) is 0 Å². The van der Waals surface area contributed by atoms with Gasteiger partial charge in [0.15, 0.2) is 0 Å². The normalized spacial score (nSPS) is 21.3. The number of carbonyl (C=O) groups excluding carboxylic acids is 2. The molecule has 0 saturated carbocycles. The number of aryl methyl sites for hydroxylation is 1. The Morgan fingerprint density at radius 2 is 2.24 bits per heavy atom. The second-order valence-corrected chi connectivity index (χ2v) is 6.91. The Balaban J connectivity index is 1.43. The fraction of sp³-hybridized carbons (Fsp3) is 0.474. The van der Waals surface area contributed by atoms with Gasteiger partial charge in [-0.15, -0.1) is 0 Å². The topological polar surface area (TPSA) is 65.6 Å². The predicted molar refractivity (Wildman–Crippen MR) is 94.3 cm³/mol. The first-order valence-corrected chi connectivity index (χ1v) is 8.84. The van der Waals surface area contributed by atoms with Crippen LogP contribution in [0.2, 0.25) is 0 Å². The van der Waals surface area contributed by atoms with Gasteiger partial charge in [0, 0.05) is 36.8 Å². The summed E-state index contributed by atoms with van der Waals surface area (Å²) < 4.78 is 5.38. The first-order chi connectivity index (χ1) is 12.1. The molecule has 0 radical (unpaired) electrons. The van der Waals surface area contributed by atoms with Gasteiger partial charge in [0.05, 0.1) is 25.6 Å². The molecular weight excluding hydrogens is 318 g/mol. The zero-order valence-electron chi connectivity index (χ0n) is 14.5. The summed E-state index contributed by atoms with van der Waals surface area (Å²) in [6.07, 6.45) is 3.13. The van der Waals surface area contributed by atoms with Crippen LogP contribution in [-0.2, 0) is 20.7 Å². The van der Waals surface area contributed by atoms with Crippen LogP contribution in [-0.4, -0.2) is 65.5 Å². The van der Waals surface area contributed by atoms with Gasteiger partial charge in [0.1, 0.15) is 0 Å². The van der Waals surface area contributed by atoms with Crippen molar-refractivity contribution in [3.8, 4) is 0 Å². The summed E-state index contributed by atoms with van der Waals surface area (Å²) in [6, 6.07) is 6.27. The van der Waals surface area contributed by atoms with Crippen LogP contribution >= 0.6 is 0 Å². The molecule has 6 heteroatoms. The lowest BCUT2D eigenvalue weighted by molar-refractivity contribution is -0.146. The second-order valence-electron chi connectivity index (χ2n) is 6.91. The predicted octanol–water partition coefficient (Wildman–Crippen LogP) is 1.48. The first-order valence-electron chi connectivity index (χ1n) is 8.84. The van der Waals surface area contributed by atoms with Crippen molar-refractivity contribution in [1.82, 2.24) is 14.8 Å². The van der Waals surface area contributed by atoms with Gasteiger partial charge in [0.2, 0.25) is 11.8 Å². The van der Waals surface area contributed by atoms with E-state index in [1.54, 1.807) is 4.90 Å². The molecule has 0 spiro atoms. The molecule has 1 aromatic carbocycles. The van der Waals surface area contributed by atoms with Crippen LogP contribution in [0.25, 0.3) is 10.9 Å². The van der Waals surface area contributed by atoms with Crippen molar-refractivity contribution < 1.29 is 14.3 Å². The van der Waals surface area contributed by atoms with Crippen molar-refractivity contribution in [2.24, 2.45) is 0 Å². The highest BCUT2D eigenvalue weighted by Gasteiger charge is 2.33. The molecule has 2 aliphatic heterocycles. The van der Waals surface area contributed by atoms with Gasteiger partial charge in [-0.3, -0.25) is 9.59 Å². The van der Waals surface area contributed by atoms with Crippen LogP contribution in [0.5, 0.6) is 0 Å². The molecule has 2 aliphatic rings. The Morgan fingerprint density at radius 3 is 3.00 bits per heavy atom. The molecule has 0 bridgehead atoms. The lowest BCUT2D eigenvalue weighted by atomic mass is 10.1. The highest BCUT2D eigenvalue weighted by Crippen LogP contribution is 2.22. The Labute approximate surface area is 146 Å². The highest BCUT2D eigenvalue weighted by molar-refractivity contribution is 5.92. The largest absolute Gasteiger partial charge is 0.379 e. The molecule has 2 amide bonds. The molecule has 1 aromatic heterocycles. The van der Waals surface area contributed by atoms with E-state index >= 15 is 0 Å². The van der Waals surface area contributed by atoms with Gasteiger partial charge in [-0.2, -0.15) is 0 Å². The number of aromatic amines is 1. The summed E-state index contributed by atoms with van der Waals surface area (Å²) in [5.74, 6) is 0.0444. The average Bonchev–Trinajstić information content (AvgIpc) is 3.26. The number of hydrogen-bond donors (Lipinski definition) is 1. The maximum absolute atomic E-state index is 12.7. The summed E-state index contributed by atoms with van der Waals surface area (Å²) in [5, 5.41) is 1.08. The Hall–Kier alpha value is -2.34. The van der Waals surface area contributed by atoms with E-state index in [-0.39, 0.29) is 24.4 Å². The Kier molecular flexibility index (Phi) is 4.21. The number of ether oxygens (including phenoxy) is 1. The fourth-order valence-electron chi connectivity index (χ4n) is 3.84. The molecule has 1 N–H and O–H groups in total. The van der Waals surface area contributed by atoms with Gasteiger partial charge in [0.25, 0.3) is 0 Å². The summed E-state index contributed by atoms with van der Waals surface area (Å²) in [4.78, 5) is 31.9. The summed E-state index contributed by atoms with van der Waals surface area (Å²) in [7, 11) is 0. The van der Waals surface area contributed by atoms with Crippen molar-refractivity contribution in [2.75, 3.05) is 32.8 Å². The third-order valence-electron chi connectivity index (χ3n) is 5.31. The van der Waals surface area contributed by atoms with E-state index in [2.05, 4.69) is 18.0 Å². The monoisotopic (exact) mass is 341 g/mol. The quantitative estimate of drug-likeness (QED) is 0.920. The highest BCUT2D eigenvalue weighted by atomic mass is 16.5. The molecule has 3 heterocycles. The molecule has 1 atom stereocenters. The molecule has 0 aliphatic carbocycles. The van der Waals surface area contributed by atoms with E-state index in [0.29, 0.717) is 26.1 Å². The summed E-state index contributed by atoms with van der Waals surface area (Å²) >= 11 is 0. The number of para-hydroxylation sites is 1. The molecular formula is C19H23N3O3. The van der Waals surface area contributed by atoms with Crippen molar-refractivity contribution in [2.45, 2.75) is 25.8 Å². The number of hydrogen-bond acceptors (Lipinski definition) is 3. The van der Waals surface area contributed by atoms with Crippen LogP contribution in [0, 0.1) is 6.92 Å². The summed E-state index contributed by atoms with van der Waals surface area (Å²) in [6.45, 7) is 4.77. The maximum Gasteiger partial charge on any atom is 0.242 e. The van der Waals surface area contributed by atoms with E-state index in [9.17, 15) is 9.59 Å². The molecule has 2 fully saturated rings. The molecule has 2 aromatic rings.